The molecule has 0 N–H and O–H groups in total. The number of carbonyl (C=O) groups excluding carboxylic acids is 2. The van der Waals surface area contributed by atoms with Crippen molar-refractivity contribution in [2.75, 3.05) is 4.90 Å². The molecule has 0 unspecified atom stereocenters. The normalized spacial score (nSPS) is 13.8. The van der Waals surface area contributed by atoms with Crippen LogP contribution in [0.25, 0.3) is 11.0 Å². The standard InChI is InChI=1S/C16H10N3O2/c20-15-14-10-17-12-8-4-5-9-13(12)19(14)16(21)18(15)11-6-2-1-3-7-11/h1-10H/q+1. The van der Waals surface area contributed by atoms with Gasteiger partial charge in [0.15, 0.2) is 5.52 Å². The van der Waals surface area contributed by atoms with Crippen molar-refractivity contribution in [2.24, 2.45) is 0 Å². The molecule has 1 aliphatic heterocycles. The summed E-state index contributed by atoms with van der Waals surface area (Å²) in [4.78, 5) is 30.6. The zero-order chi connectivity index (χ0) is 14.4. The minimum atomic E-state index is -0.375. The Kier molecular flexibility index (Phi) is 2.35. The van der Waals surface area contributed by atoms with Gasteiger partial charge >= 0.3 is 11.9 Å². The molecule has 0 aliphatic carbocycles. The van der Waals surface area contributed by atoms with E-state index >= 15 is 0 Å². The monoisotopic (exact) mass is 276 g/mol. The summed E-state index contributed by atoms with van der Waals surface area (Å²) in [5, 5.41) is 0. The number of nitrogens with zero attached hydrogens (tertiary/aromatic N) is 3. The predicted octanol–water partition coefficient (Wildman–Crippen LogP) is 2.15. The summed E-state index contributed by atoms with van der Waals surface area (Å²) in [7, 11) is 0. The first-order valence-electron chi connectivity index (χ1n) is 6.51. The number of rotatable bonds is 1. The molecule has 1 aliphatic rings. The molecule has 100 valence electrons. The Morgan fingerprint density at radius 3 is 2.43 bits per heavy atom. The van der Waals surface area contributed by atoms with Crippen LogP contribution in [0.1, 0.15) is 10.5 Å². The molecule has 0 saturated carbocycles. The fraction of sp³-hybridized carbons (Fsp3) is 0. The van der Waals surface area contributed by atoms with Crippen molar-refractivity contribution in [1.82, 2.24) is 4.98 Å². The molecule has 4 rings (SSSR count). The lowest BCUT2D eigenvalue weighted by molar-refractivity contribution is -0.537. The summed E-state index contributed by atoms with van der Waals surface area (Å²) < 4.78 is 1.41. The van der Waals surface area contributed by atoms with E-state index < -0.39 is 0 Å². The third-order valence-corrected chi connectivity index (χ3v) is 3.51. The summed E-state index contributed by atoms with van der Waals surface area (Å²) in [5.74, 6) is -0.357. The molecule has 0 radical (unpaired) electrons. The molecule has 0 spiro atoms. The Labute approximate surface area is 120 Å². The van der Waals surface area contributed by atoms with Gasteiger partial charge in [-0.25, -0.2) is 9.78 Å². The Balaban J connectivity index is 1.97. The molecule has 2 heterocycles. The number of benzene rings is 2. The van der Waals surface area contributed by atoms with Gasteiger partial charge in [0.1, 0.15) is 11.2 Å². The number of carbonyl (C=O) groups is 2. The highest BCUT2D eigenvalue weighted by Gasteiger charge is 2.48. The van der Waals surface area contributed by atoms with E-state index in [9.17, 15) is 9.59 Å². The first kappa shape index (κ1) is 11.7. The van der Waals surface area contributed by atoms with Crippen LogP contribution < -0.4 is 9.47 Å². The summed E-state index contributed by atoms with van der Waals surface area (Å²) >= 11 is 0. The largest absolute Gasteiger partial charge is 0.512 e. The van der Waals surface area contributed by atoms with E-state index in [4.69, 9.17) is 0 Å². The minimum absolute atomic E-state index is 0.280. The van der Waals surface area contributed by atoms with E-state index in [0.29, 0.717) is 16.7 Å². The van der Waals surface area contributed by atoms with Gasteiger partial charge in [-0.2, -0.15) is 4.79 Å². The second kappa shape index (κ2) is 4.21. The molecule has 21 heavy (non-hydrogen) atoms. The Morgan fingerprint density at radius 1 is 0.905 bits per heavy atom. The van der Waals surface area contributed by atoms with E-state index in [1.165, 1.54) is 15.7 Å². The van der Waals surface area contributed by atoms with E-state index in [1.807, 2.05) is 24.3 Å². The number of para-hydroxylation sites is 3. The van der Waals surface area contributed by atoms with E-state index in [1.54, 1.807) is 30.3 Å². The van der Waals surface area contributed by atoms with Crippen LogP contribution in [-0.4, -0.2) is 16.9 Å². The highest BCUT2D eigenvalue weighted by atomic mass is 16.2. The smallest absolute Gasteiger partial charge is 0.248 e. The molecular formula is C16H10N3O2+. The Hall–Kier alpha value is -3.08. The van der Waals surface area contributed by atoms with Gasteiger partial charge in [-0.05, 0) is 24.3 Å². The lowest BCUT2D eigenvalue weighted by Crippen LogP contribution is -2.46. The second-order valence-electron chi connectivity index (χ2n) is 4.73. The van der Waals surface area contributed by atoms with Crippen molar-refractivity contribution in [3.8, 4) is 0 Å². The van der Waals surface area contributed by atoms with Crippen LogP contribution in [0.4, 0.5) is 10.5 Å². The topological polar surface area (TPSA) is 54.2 Å². The molecule has 0 atom stereocenters. The van der Waals surface area contributed by atoms with Gasteiger partial charge in [-0.1, -0.05) is 30.3 Å². The van der Waals surface area contributed by atoms with Gasteiger partial charge in [-0.15, -0.1) is 9.47 Å². The van der Waals surface area contributed by atoms with Crippen molar-refractivity contribution in [3.05, 3.63) is 66.5 Å². The van der Waals surface area contributed by atoms with Crippen LogP contribution in [-0.2, 0) is 0 Å². The molecule has 2 aromatic carbocycles. The van der Waals surface area contributed by atoms with Crippen molar-refractivity contribution < 1.29 is 14.2 Å². The van der Waals surface area contributed by atoms with Gasteiger partial charge in [0, 0.05) is 0 Å². The number of anilines is 1. The van der Waals surface area contributed by atoms with Crippen molar-refractivity contribution >= 4 is 28.7 Å². The van der Waals surface area contributed by atoms with Crippen LogP contribution in [0, 0.1) is 0 Å². The third-order valence-electron chi connectivity index (χ3n) is 3.51. The van der Waals surface area contributed by atoms with E-state index in [2.05, 4.69) is 4.98 Å². The number of hydrogen-bond donors (Lipinski definition) is 0. The maximum atomic E-state index is 12.7. The van der Waals surface area contributed by atoms with Gasteiger partial charge in [-0.3, -0.25) is 0 Å². The predicted molar refractivity (Wildman–Crippen MR) is 76.0 cm³/mol. The van der Waals surface area contributed by atoms with Gasteiger partial charge in [0.2, 0.25) is 5.69 Å². The van der Waals surface area contributed by atoms with Gasteiger partial charge in [0.25, 0.3) is 0 Å². The summed E-state index contributed by atoms with van der Waals surface area (Å²) in [6.45, 7) is 0. The summed E-state index contributed by atoms with van der Waals surface area (Å²) in [6.07, 6.45) is 1.45. The molecule has 5 heteroatoms. The fourth-order valence-electron chi connectivity index (χ4n) is 2.54. The molecule has 1 aromatic heterocycles. The van der Waals surface area contributed by atoms with Gasteiger partial charge < -0.3 is 0 Å². The summed E-state index contributed by atoms with van der Waals surface area (Å²) in [6, 6.07) is 15.8. The fourth-order valence-corrected chi connectivity index (χ4v) is 2.54. The SMILES string of the molecule is O=C1c2cnc3ccccc3[n+]2C(=O)N1c1ccccc1. The molecule has 2 amide bonds. The molecule has 3 aromatic rings. The Morgan fingerprint density at radius 2 is 1.62 bits per heavy atom. The maximum absolute atomic E-state index is 12.7. The molecule has 0 fully saturated rings. The zero-order valence-electron chi connectivity index (χ0n) is 10.9. The van der Waals surface area contributed by atoms with Crippen molar-refractivity contribution in [2.45, 2.75) is 0 Å². The Bertz CT molecular complexity index is 890. The van der Waals surface area contributed by atoms with Crippen molar-refractivity contribution in [1.29, 1.82) is 0 Å². The summed E-state index contributed by atoms with van der Waals surface area (Å²) in [5.41, 5.74) is 2.15. The quantitative estimate of drug-likeness (QED) is 0.640. The molecular weight excluding hydrogens is 266 g/mol. The van der Waals surface area contributed by atoms with Gasteiger partial charge in [0.05, 0.1) is 6.20 Å². The number of fused-ring (bicyclic) bond motifs is 3. The lowest BCUT2D eigenvalue weighted by atomic mass is 10.3. The average molecular weight is 276 g/mol. The van der Waals surface area contributed by atoms with E-state index in [-0.39, 0.29) is 17.6 Å². The number of hydrogen-bond acceptors (Lipinski definition) is 3. The third kappa shape index (κ3) is 1.57. The lowest BCUT2D eigenvalue weighted by Gasteiger charge is -2.03. The van der Waals surface area contributed by atoms with Crippen LogP contribution >= 0.6 is 0 Å². The number of amides is 2. The maximum Gasteiger partial charge on any atom is 0.512 e. The molecule has 0 saturated heterocycles. The first-order chi connectivity index (χ1) is 10.3. The van der Waals surface area contributed by atoms with Crippen LogP contribution in [0.15, 0.2) is 60.8 Å². The van der Waals surface area contributed by atoms with Crippen LogP contribution in [0.2, 0.25) is 0 Å². The number of imide groups is 1. The van der Waals surface area contributed by atoms with Crippen LogP contribution in [0.3, 0.4) is 0 Å². The zero-order valence-corrected chi connectivity index (χ0v) is 10.9. The highest BCUT2D eigenvalue weighted by molar-refractivity contribution is 6.21. The van der Waals surface area contributed by atoms with E-state index in [0.717, 1.165) is 0 Å². The average Bonchev–Trinajstić information content (AvgIpc) is 2.80. The number of aromatic nitrogens is 2. The molecule has 0 bridgehead atoms. The molecule has 5 nitrogen and oxygen atoms in total. The van der Waals surface area contributed by atoms with Crippen molar-refractivity contribution in [3.63, 3.8) is 0 Å². The van der Waals surface area contributed by atoms with Crippen LogP contribution in [0.5, 0.6) is 0 Å². The first-order valence-corrected chi connectivity index (χ1v) is 6.51. The highest BCUT2D eigenvalue weighted by Crippen LogP contribution is 2.21. The minimum Gasteiger partial charge on any atom is -0.248 e. The second-order valence-corrected chi connectivity index (χ2v) is 4.73.